The second-order valence-corrected chi connectivity index (χ2v) is 4.51. The number of carboxylic acid groups (broad SMARTS) is 1. The standard InChI is InChI=1S/C16H13NO2/c18-16(19)15(11-4-2-1-3-5-11)13-6-7-14-12(10-13)8-9-17-14/h1-10,15,17H,(H,18,19). The van der Waals surface area contributed by atoms with Crippen LogP contribution in [0.15, 0.2) is 60.8 Å². The summed E-state index contributed by atoms with van der Waals surface area (Å²) in [5, 5.41) is 10.5. The molecule has 0 saturated heterocycles. The Morgan fingerprint density at radius 2 is 1.79 bits per heavy atom. The molecule has 3 aromatic rings. The number of hydrogen-bond donors (Lipinski definition) is 2. The number of rotatable bonds is 3. The van der Waals surface area contributed by atoms with Crippen LogP contribution in [-0.4, -0.2) is 16.1 Å². The first-order valence-corrected chi connectivity index (χ1v) is 6.10. The molecule has 1 aromatic heterocycles. The smallest absolute Gasteiger partial charge is 0.315 e. The van der Waals surface area contributed by atoms with Crippen LogP contribution in [-0.2, 0) is 4.79 Å². The Labute approximate surface area is 110 Å². The number of aromatic nitrogens is 1. The minimum atomic E-state index is -0.832. The van der Waals surface area contributed by atoms with Gasteiger partial charge in [-0.15, -0.1) is 0 Å². The van der Waals surface area contributed by atoms with Crippen LogP contribution in [0, 0.1) is 0 Å². The molecule has 0 aliphatic rings. The van der Waals surface area contributed by atoms with Gasteiger partial charge in [-0.2, -0.15) is 0 Å². The number of hydrogen-bond acceptors (Lipinski definition) is 1. The van der Waals surface area contributed by atoms with Gasteiger partial charge in [0.25, 0.3) is 0 Å². The highest BCUT2D eigenvalue weighted by Gasteiger charge is 2.21. The molecule has 1 heterocycles. The van der Waals surface area contributed by atoms with E-state index in [1.165, 1.54) is 0 Å². The van der Waals surface area contributed by atoms with Crippen molar-refractivity contribution in [1.29, 1.82) is 0 Å². The van der Waals surface area contributed by atoms with Gasteiger partial charge >= 0.3 is 5.97 Å². The van der Waals surface area contributed by atoms with E-state index < -0.39 is 11.9 Å². The molecule has 1 atom stereocenters. The van der Waals surface area contributed by atoms with Crippen LogP contribution in [0.5, 0.6) is 0 Å². The van der Waals surface area contributed by atoms with Gasteiger partial charge in [-0.05, 0) is 34.7 Å². The van der Waals surface area contributed by atoms with Gasteiger partial charge in [0.05, 0.1) is 0 Å². The van der Waals surface area contributed by atoms with Gasteiger partial charge in [-0.3, -0.25) is 4.79 Å². The van der Waals surface area contributed by atoms with E-state index in [0.29, 0.717) is 0 Å². The average molecular weight is 251 g/mol. The number of carbonyl (C=O) groups is 1. The summed E-state index contributed by atoms with van der Waals surface area (Å²) in [6.07, 6.45) is 1.85. The fraction of sp³-hybridized carbons (Fsp3) is 0.0625. The maximum absolute atomic E-state index is 11.6. The van der Waals surface area contributed by atoms with E-state index in [1.807, 2.05) is 60.8 Å². The molecular formula is C16H13NO2. The third-order valence-corrected chi connectivity index (χ3v) is 3.29. The van der Waals surface area contributed by atoms with Crippen LogP contribution >= 0.6 is 0 Å². The van der Waals surface area contributed by atoms with Gasteiger partial charge in [0.1, 0.15) is 5.92 Å². The predicted octanol–water partition coefficient (Wildman–Crippen LogP) is 3.38. The minimum Gasteiger partial charge on any atom is -0.481 e. The molecule has 1 unspecified atom stereocenters. The molecular weight excluding hydrogens is 238 g/mol. The Hall–Kier alpha value is -2.55. The first-order chi connectivity index (χ1) is 9.25. The maximum atomic E-state index is 11.6. The van der Waals surface area contributed by atoms with E-state index >= 15 is 0 Å². The second-order valence-electron chi connectivity index (χ2n) is 4.51. The van der Waals surface area contributed by atoms with E-state index in [1.54, 1.807) is 0 Å². The lowest BCUT2D eigenvalue weighted by Gasteiger charge is -2.13. The first-order valence-electron chi connectivity index (χ1n) is 6.10. The van der Waals surface area contributed by atoms with Crippen LogP contribution in [0.4, 0.5) is 0 Å². The zero-order valence-electron chi connectivity index (χ0n) is 10.2. The largest absolute Gasteiger partial charge is 0.481 e. The summed E-state index contributed by atoms with van der Waals surface area (Å²) in [6, 6.07) is 17.0. The summed E-state index contributed by atoms with van der Waals surface area (Å²) in [5.41, 5.74) is 2.61. The van der Waals surface area contributed by atoms with Crippen molar-refractivity contribution in [3.05, 3.63) is 71.9 Å². The summed E-state index contributed by atoms with van der Waals surface area (Å²) in [5.74, 6) is -1.46. The number of aliphatic carboxylic acids is 1. The highest BCUT2D eigenvalue weighted by atomic mass is 16.4. The number of nitrogens with one attached hydrogen (secondary N) is 1. The van der Waals surface area contributed by atoms with Crippen molar-refractivity contribution in [3.63, 3.8) is 0 Å². The molecule has 3 nitrogen and oxygen atoms in total. The van der Waals surface area contributed by atoms with E-state index in [-0.39, 0.29) is 0 Å². The third kappa shape index (κ3) is 2.10. The van der Waals surface area contributed by atoms with Crippen molar-refractivity contribution in [2.24, 2.45) is 0 Å². The summed E-state index contributed by atoms with van der Waals surface area (Å²) in [7, 11) is 0. The molecule has 0 fully saturated rings. The molecule has 94 valence electrons. The molecule has 19 heavy (non-hydrogen) atoms. The van der Waals surface area contributed by atoms with Gasteiger partial charge in [0, 0.05) is 11.7 Å². The quantitative estimate of drug-likeness (QED) is 0.749. The average Bonchev–Trinajstić information content (AvgIpc) is 2.87. The monoisotopic (exact) mass is 251 g/mol. The zero-order chi connectivity index (χ0) is 13.2. The molecule has 0 bridgehead atoms. The van der Waals surface area contributed by atoms with Gasteiger partial charge in [0.2, 0.25) is 0 Å². The molecule has 2 N–H and O–H groups in total. The lowest BCUT2D eigenvalue weighted by Crippen LogP contribution is -2.12. The van der Waals surface area contributed by atoms with Gasteiger partial charge in [-0.25, -0.2) is 0 Å². The fourth-order valence-electron chi connectivity index (χ4n) is 2.37. The van der Waals surface area contributed by atoms with Crippen LogP contribution in [0.2, 0.25) is 0 Å². The van der Waals surface area contributed by atoms with Crippen molar-refractivity contribution < 1.29 is 9.90 Å². The minimum absolute atomic E-state index is 0.625. The molecule has 0 spiro atoms. The lowest BCUT2D eigenvalue weighted by molar-refractivity contribution is -0.137. The van der Waals surface area contributed by atoms with Gasteiger partial charge in [-0.1, -0.05) is 36.4 Å². The summed E-state index contributed by atoms with van der Waals surface area (Å²) >= 11 is 0. The third-order valence-electron chi connectivity index (χ3n) is 3.29. The van der Waals surface area contributed by atoms with Crippen molar-refractivity contribution in [1.82, 2.24) is 4.98 Å². The topological polar surface area (TPSA) is 53.1 Å². The highest BCUT2D eigenvalue weighted by molar-refractivity contribution is 5.85. The maximum Gasteiger partial charge on any atom is 0.315 e. The molecule has 0 amide bonds. The summed E-state index contributed by atoms with van der Waals surface area (Å²) in [4.78, 5) is 14.7. The van der Waals surface area contributed by atoms with Gasteiger partial charge < -0.3 is 10.1 Å². The second kappa shape index (κ2) is 4.61. The highest BCUT2D eigenvalue weighted by Crippen LogP contribution is 2.27. The normalized spacial score (nSPS) is 12.4. The van der Waals surface area contributed by atoms with E-state index in [9.17, 15) is 9.90 Å². The molecule has 3 rings (SSSR count). The molecule has 0 radical (unpaired) electrons. The van der Waals surface area contributed by atoms with Gasteiger partial charge in [0.15, 0.2) is 0 Å². The Kier molecular flexibility index (Phi) is 2.80. The summed E-state index contributed by atoms with van der Waals surface area (Å²) < 4.78 is 0. The first kappa shape index (κ1) is 11.5. The fourth-order valence-corrected chi connectivity index (χ4v) is 2.37. The number of H-pyrrole nitrogens is 1. The molecule has 0 aliphatic carbocycles. The predicted molar refractivity (Wildman–Crippen MR) is 74.2 cm³/mol. The van der Waals surface area contributed by atoms with Crippen LogP contribution in [0.25, 0.3) is 10.9 Å². The number of carboxylic acids is 1. The van der Waals surface area contributed by atoms with E-state index in [0.717, 1.165) is 22.0 Å². The molecule has 3 heteroatoms. The van der Waals surface area contributed by atoms with Crippen LogP contribution in [0.1, 0.15) is 17.0 Å². The van der Waals surface area contributed by atoms with E-state index in [4.69, 9.17) is 0 Å². The van der Waals surface area contributed by atoms with Crippen molar-refractivity contribution in [2.45, 2.75) is 5.92 Å². The Morgan fingerprint density at radius 1 is 1.00 bits per heavy atom. The van der Waals surface area contributed by atoms with Crippen LogP contribution < -0.4 is 0 Å². The number of benzene rings is 2. The number of fused-ring (bicyclic) bond motifs is 1. The Balaban J connectivity index is 2.12. The Bertz CT molecular complexity index is 716. The molecule has 0 saturated carbocycles. The van der Waals surface area contributed by atoms with Crippen LogP contribution in [0.3, 0.4) is 0 Å². The van der Waals surface area contributed by atoms with Crippen molar-refractivity contribution >= 4 is 16.9 Å². The molecule has 0 aliphatic heterocycles. The van der Waals surface area contributed by atoms with Crippen molar-refractivity contribution in [2.75, 3.05) is 0 Å². The Morgan fingerprint density at radius 3 is 2.53 bits per heavy atom. The molecule has 2 aromatic carbocycles. The zero-order valence-corrected chi connectivity index (χ0v) is 10.2. The van der Waals surface area contributed by atoms with E-state index in [2.05, 4.69) is 4.98 Å². The van der Waals surface area contributed by atoms with Crippen molar-refractivity contribution in [3.8, 4) is 0 Å². The lowest BCUT2D eigenvalue weighted by atomic mass is 9.91. The number of aromatic amines is 1. The summed E-state index contributed by atoms with van der Waals surface area (Å²) in [6.45, 7) is 0. The SMILES string of the molecule is O=C(O)C(c1ccccc1)c1ccc2[nH]ccc2c1.